The highest BCUT2D eigenvalue weighted by Gasteiger charge is 2.34. The smallest absolute Gasteiger partial charge is 0.338 e. The first-order valence-electron chi connectivity index (χ1n) is 6.17. The van der Waals surface area contributed by atoms with Crippen molar-refractivity contribution in [3.8, 4) is 6.07 Å². The number of aromatic amines is 1. The summed E-state index contributed by atoms with van der Waals surface area (Å²) in [6, 6.07) is 2.02. The van der Waals surface area contributed by atoms with Crippen LogP contribution in [0.15, 0.2) is 6.20 Å². The number of hydrogen-bond acceptors (Lipinski definition) is 3. The van der Waals surface area contributed by atoms with Gasteiger partial charge in [-0.1, -0.05) is 0 Å². The van der Waals surface area contributed by atoms with Crippen LogP contribution in [0.3, 0.4) is 0 Å². The Morgan fingerprint density at radius 2 is 2.11 bits per heavy atom. The number of halogens is 3. The zero-order valence-corrected chi connectivity index (χ0v) is 10.5. The fraction of sp³-hybridized carbons (Fsp3) is 0.667. The maximum Gasteiger partial charge on any atom is 0.432 e. The molecule has 7 heteroatoms. The summed E-state index contributed by atoms with van der Waals surface area (Å²) < 4.78 is 37.4. The van der Waals surface area contributed by atoms with Gasteiger partial charge in [-0.3, -0.25) is 4.90 Å². The third-order valence-electron chi connectivity index (χ3n) is 3.55. The molecule has 104 valence electrons. The highest BCUT2D eigenvalue weighted by atomic mass is 19.4. The largest absolute Gasteiger partial charge is 0.432 e. The number of alkyl halides is 3. The Balaban J connectivity index is 1.99. The summed E-state index contributed by atoms with van der Waals surface area (Å²) in [6.07, 6.45) is -2.09. The van der Waals surface area contributed by atoms with E-state index in [9.17, 15) is 13.2 Å². The number of likely N-dealkylation sites (tertiary alicyclic amines) is 1. The van der Waals surface area contributed by atoms with Gasteiger partial charge in [-0.25, -0.2) is 4.98 Å². The van der Waals surface area contributed by atoms with Crippen molar-refractivity contribution in [2.45, 2.75) is 37.9 Å². The summed E-state index contributed by atoms with van der Waals surface area (Å²) in [7, 11) is 0. The molecule has 0 aromatic carbocycles. The number of imidazole rings is 1. The SMILES string of the molecule is CC(C#N)N1CCC(c2ncc(C(F)(F)F)[nH]2)CC1. The molecule has 0 spiro atoms. The molecule has 1 saturated heterocycles. The lowest BCUT2D eigenvalue weighted by Gasteiger charge is -2.32. The summed E-state index contributed by atoms with van der Waals surface area (Å²) in [6.45, 7) is 3.25. The van der Waals surface area contributed by atoms with Gasteiger partial charge in [0.1, 0.15) is 11.5 Å². The predicted molar refractivity (Wildman–Crippen MR) is 62.2 cm³/mol. The average molecular weight is 272 g/mol. The third-order valence-corrected chi connectivity index (χ3v) is 3.55. The van der Waals surface area contributed by atoms with Crippen LogP contribution < -0.4 is 0 Å². The molecule has 0 bridgehead atoms. The molecule has 1 fully saturated rings. The van der Waals surface area contributed by atoms with Crippen molar-refractivity contribution < 1.29 is 13.2 Å². The molecule has 1 N–H and O–H groups in total. The van der Waals surface area contributed by atoms with E-state index >= 15 is 0 Å². The van der Waals surface area contributed by atoms with Gasteiger partial charge in [-0.15, -0.1) is 0 Å². The minimum Gasteiger partial charge on any atom is -0.338 e. The summed E-state index contributed by atoms with van der Waals surface area (Å²) in [5, 5.41) is 8.83. The Bertz CT molecular complexity index is 466. The van der Waals surface area contributed by atoms with Crippen LogP contribution in [-0.4, -0.2) is 34.0 Å². The van der Waals surface area contributed by atoms with Crippen molar-refractivity contribution in [1.29, 1.82) is 5.26 Å². The summed E-state index contributed by atoms with van der Waals surface area (Å²) in [5.74, 6) is 0.412. The molecular formula is C12H15F3N4. The van der Waals surface area contributed by atoms with Gasteiger partial charge in [0, 0.05) is 19.0 Å². The third kappa shape index (κ3) is 3.07. The zero-order chi connectivity index (χ0) is 14.0. The van der Waals surface area contributed by atoms with Gasteiger partial charge >= 0.3 is 6.18 Å². The number of H-pyrrole nitrogens is 1. The quantitative estimate of drug-likeness (QED) is 0.900. The second-order valence-electron chi connectivity index (χ2n) is 4.80. The first-order chi connectivity index (χ1) is 8.91. The van der Waals surface area contributed by atoms with Crippen molar-refractivity contribution in [1.82, 2.24) is 14.9 Å². The Morgan fingerprint density at radius 3 is 2.58 bits per heavy atom. The molecule has 1 aliphatic heterocycles. The lowest BCUT2D eigenvalue weighted by Crippen LogP contribution is -2.38. The molecule has 0 saturated carbocycles. The predicted octanol–water partition coefficient (Wildman–Crippen LogP) is 2.52. The summed E-state index contributed by atoms with van der Waals surface area (Å²) in [4.78, 5) is 8.23. The minimum atomic E-state index is -4.37. The van der Waals surface area contributed by atoms with Crippen molar-refractivity contribution in [2.75, 3.05) is 13.1 Å². The van der Waals surface area contributed by atoms with E-state index in [1.54, 1.807) is 0 Å². The number of aromatic nitrogens is 2. The Labute approximate surface area is 109 Å². The number of rotatable bonds is 2. The molecule has 2 rings (SSSR count). The maximum atomic E-state index is 12.5. The summed E-state index contributed by atoms with van der Waals surface area (Å²) in [5.41, 5.74) is -0.796. The van der Waals surface area contributed by atoms with Crippen LogP contribution in [0.2, 0.25) is 0 Å². The van der Waals surface area contributed by atoms with E-state index in [4.69, 9.17) is 5.26 Å². The van der Waals surface area contributed by atoms with E-state index in [0.717, 1.165) is 19.0 Å². The van der Waals surface area contributed by atoms with Crippen LogP contribution >= 0.6 is 0 Å². The Kier molecular flexibility index (Phi) is 3.80. The lowest BCUT2D eigenvalue weighted by atomic mass is 9.95. The number of nitrogens with zero attached hydrogens (tertiary/aromatic N) is 3. The van der Waals surface area contributed by atoms with Crippen LogP contribution in [0.4, 0.5) is 13.2 Å². The minimum absolute atomic E-state index is 0.0123. The molecule has 1 aromatic heterocycles. The molecule has 1 atom stereocenters. The van der Waals surface area contributed by atoms with Crippen LogP contribution in [0.5, 0.6) is 0 Å². The molecule has 1 aliphatic rings. The van der Waals surface area contributed by atoms with Crippen molar-refractivity contribution in [2.24, 2.45) is 0 Å². The second kappa shape index (κ2) is 5.21. The van der Waals surface area contributed by atoms with Gasteiger partial charge in [0.25, 0.3) is 0 Å². The maximum absolute atomic E-state index is 12.5. The Morgan fingerprint density at radius 1 is 1.47 bits per heavy atom. The molecule has 2 heterocycles. The fourth-order valence-corrected chi connectivity index (χ4v) is 2.33. The molecule has 1 aromatic rings. The first kappa shape index (κ1) is 13.9. The molecule has 4 nitrogen and oxygen atoms in total. The first-order valence-corrected chi connectivity index (χ1v) is 6.17. The topological polar surface area (TPSA) is 55.7 Å². The second-order valence-corrected chi connectivity index (χ2v) is 4.80. The van der Waals surface area contributed by atoms with Crippen molar-refractivity contribution in [3.63, 3.8) is 0 Å². The van der Waals surface area contributed by atoms with Gasteiger partial charge in [-0.2, -0.15) is 18.4 Å². The molecule has 0 aliphatic carbocycles. The van der Waals surface area contributed by atoms with Gasteiger partial charge in [0.05, 0.1) is 18.3 Å². The standard InChI is InChI=1S/C12H15F3N4/c1-8(6-16)19-4-2-9(3-5-19)11-17-7-10(18-11)12(13,14)15/h7-9H,2-5H2,1H3,(H,17,18). The molecule has 0 amide bonds. The zero-order valence-electron chi connectivity index (χ0n) is 10.5. The van der Waals surface area contributed by atoms with Crippen LogP contribution in [-0.2, 0) is 6.18 Å². The van der Waals surface area contributed by atoms with Crippen LogP contribution in [0, 0.1) is 11.3 Å². The van der Waals surface area contributed by atoms with Gasteiger partial charge < -0.3 is 4.98 Å². The highest BCUT2D eigenvalue weighted by Crippen LogP contribution is 2.31. The molecule has 1 unspecified atom stereocenters. The normalized spacial score (nSPS) is 20.2. The van der Waals surface area contributed by atoms with Crippen LogP contribution in [0.1, 0.15) is 37.2 Å². The number of nitrogens with one attached hydrogen (secondary N) is 1. The van der Waals surface area contributed by atoms with E-state index in [1.807, 2.05) is 11.8 Å². The molecule has 19 heavy (non-hydrogen) atoms. The monoisotopic (exact) mass is 272 g/mol. The van der Waals surface area contributed by atoms with Crippen molar-refractivity contribution in [3.05, 3.63) is 17.7 Å². The van der Waals surface area contributed by atoms with Gasteiger partial charge in [0.15, 0.2) is 0 Å². The highest BCUT2D eigenvalue weighted by molar-refractivity contribution is 5.09. The lowest BCUT2D eigenvalue weighted by molar-refractivity contribution is -0.141. The summed E-state index contributed by atoms with van der Waals surface area (Å²) >= 11 is 0. The van der Waals surface area contributed by atoms with E-state index < -0.39 is 11.9 Å². The van der Waals surface area contributed by atoms with Crippen molar-refractivity contribution >= 4 is 0 Å². The molecule has 0 radical (unpaired) electrons. The van der Waals surface area contributed by atoms with E-state index in [0.29, 0.717) is 18.9 Å². The van der Waals surface area contributed by atoms with Gasteiger partial charge in [-0.05, 0) is 19.8 Å². The molecular weight excluding hydrogens is 257 g/mol. The Hall–Kier alpha value is -1.55. The van der Waals surface area contributed by atoms with E-state index in [-0.39, 0.29) is 12.0 Å². The average Bonchev–Trinajstić information content (AvgIpc) is 2.87. The van der Waals surface area contributed by atoms with Gasteiger partial charge in [0.2, 0.25) is 0 Å². The number of hydrogen-bond donors (Lipinski definition) is 1. The van der Waals surface area contributed by atoms with E-state index in [1.165, 1.54) is 0 Å². The number of piperidine rings is 1. The van der Waals surface area contributed by atoms with E-state index in [2.05, 4.69) is 16.0 Å². The van der Waals surface area contributed by atoms with Crippen LogP contribution in [0.25, 0.3) is 0 Å². The number of nitriles is 1. The fourth-order valence-electron chi connectivity index (χ4n) is 2.33.